The second-order valence-electron chi connectivity index (χ2n) is 6.53. The summed E-state index contributed by atoms with van der Waals surface area (Å²) in [6.45, 7) is 1.42. The molecule has 5 atom stereocenters. The minimum absolute atomic E-state index is 0.291. The first kappa shape index (κ1) is 21.8. The van der Waals surface area contributed by atoms with Gasteiger partial charge in [-0.05, 0) is 43.3 Å². The van der Waals surface area contributed by atoms with Gasteiger partial charge in [0.15, 0.2) is 12.2 Å². The summed E-state index contributed by atoms with van der Waals surface area (Å²) in [5.74, 6) is 0.827. The van der Waals surface area contributed by atoms with Gasteiger partial charge in [0.1, 0.15) is 23.7 Å². The summed E-state index contributed by atoms with van der Waals surface area (Å²) in [5, 5.41) is 30.8. The van der Waals surface area contributed by atoms with E-state index in [4.69, 9.17) is 42.8 Å². The Morgan fingerprint density at radius 1 is 1.03 bits per heavy atom. The third-order valence-electron chi connectivity index (χ3n) is 4.34. The zero-order valence-corrected chi connectivity index (χ0v) is 17.0. The van der Waals surface area contributed by atoms with Crippen molar-refractivity contribution < 1.29 is 34.3 Å². The highest BCUT2D eigenvalue weighted by Crippen LogP contribution is 2.27. The van der Waals surface area contributed by atoms with E-state index in [1.54, 1.807) is 36.4 Å². The molecule has 0 amide bonds. The van der Waals surface area contributed by atoms with Crippen LogP contribution in [-0.2, 0) is 9.47 Å². The van der Waals surface area contributed by atoms with E-state index in [1.165, 1.54) is 0 Å². The van der Waals surface area contributed by atoms with E-state index in [9.17, 15) is 15.3 Å². The highest BCUT2D eigenvalue weighted by atomic mass is 35.5. The first-order valence-electron chi connectivity index (χ1n) is 8.87. The molecule has 1 heterocycles. The molecule has 0 radical (unpaired) electrons. The van der Waals surface area contributed by atoms with Crippen molar-refractivity contribution in [3.05, 3.63) is 59.1 Å². The molecular formula is C20H21ClO7S. The van der Waals surface area contributed by atoms with Gasteiger partial charge in [0.25, 0.3) is 0 Å². The van der Waals surface area contributed by atoms with Crippen LogP contribution in [0.2, 0.25) is 5.02 Å². The van der Waals surface area contributed by atoms with Crippen molar-refractivity contribution >= 4 is 29.1 Å². The van der Waals surface area contributed by atoms with E-state index < -0.39 is 37.3 Å². The Balaban J connectivity index is 1.70. The lowest BCUT2D eigenvalue weighted by Crippen LogP contribution is -2.61. The summed E-state index contributed by atoms with van der Waals surface area (Å²) >= 11 is 10.9. The van der Waals surface area contributed by atoms with Crippen molar-refractivity contribution in [3.63, 3.8) is 0 Å². The van der Waals surface area contributed by atoms with Crippen LogP contribution in [0.5, 0.6) is 11.5 Å². The van der Waals surface area contributed by atoms with Crippen molar-refractivity contribution in [1.82, 2.24) is 0 Å². The molecule has 3 N–H and O–H groups in total. The third kappa shape index (κ3) is 5.57. The predicted octanol–water partition coefficient (Wildman–Crippen LogP) is 2.22. The summed E-state index contributed by atoms with van der Waals surface area (Å²) in [5.41, 5.74) is 1.05. The van der Waals surface area contributed by atoms with Gasteiger partial charge in [0.05, 0.1) is 6.61 Å². The van der Waals surface area contributed by atoms with Gasteiger partial charge >= 0.3 is 5.24 Å². The number of aliphatic hydroxyl groups is 3. The minimum atomic E-state index is -1.41. The second kappa shape index (κ2) is 9.71. The van der Waals surface area contributed by atoms with Crippen LogP contribution in [0.3, 0.4) is 0 Å². The molecule has 1 fully saturated rings. The molecule has 2 aromatic rings. The van der Waals surface area contributed by atoms with Gasteiger partial charge in [0.2, 0.25) is 6.29 Å². The maximum Gasteiger partial charge on any atom is 0.358 e. The molecule has 0 bridgehead atoms. The fraction of sp³-hybridized carbons (Fsp3) is 0.350. The Hall–Kier alpha value is -1.94. The standard InChI is InChI=1S/C20H21ClO7S/c1-11-2-6-14(7-3-11)26-20(29)28-18-16(23)15(10-22)27-19(17(18)24)25-13-8-4-12(21)5-9-13/h2-9,15-19,22-24H,10H2,1H3/t15-,16-,17+,18+,19-/m1/s1. The molecule has 3 rings (SSSR count). The molecule has 1 saturated heterocycles. The first-order chi connectivity index (χ1) is 13.9. The van der Waals surface area contributed by atoms with Gasteiger partial charge in [-0.25, -0.2) is 0 Å². The Bertz CT molecular complexity index is 815. The van der Waals surface area contributed by atoms with Crippen molar-refractivity contribution in [3.8, 4) is 11.5 Å². The van der Waals surface area contributed by atoms with Crippen LogP contribution in [0.25, 0.3) is 0 Å². The molecule has 0 unspecified atom stereocenters. The van der Waals surface area contributed by atoms with Crippen molar-refractivity contribution in [2.75, 3.05) is 6.61 Å². The number of rotatable bonds is 5. The zero-order chi connectivity index (χ0) is 21.0. The lowest BCUT2D eigenvalue weighted by atomic mass is 9.99. The van der Waals surface area contributed by atoms with E-state index in [1.807, 2.05) is 19.1 Å². The molecule has 7 nitrogen and oxygen atoms in total. The number of benzene rings is 2. The van der Waals surface area contributed by atoms with Crippen LogP contribution in [-0.4, -0.2) is 57.9 Å². The monoisotopic (exact) mass is 440 g/mol. The Labute approximate surface area is 178 Å². The summed E-state index contributed by atoms with van der Waals surface area (Å²) < 4.78 is 22.0. The largest absolute Gasteiger partial charge is 0.462 e. The number of ether oxygens (including phenoxy) is 4. The van der Waals surface area contributed by atoms with E-state index in [-0.39, 0.29) is 5.24 Å². The van der Waals surface area contributed by atoms with Gasteiger partial charge in [-0.2, -0.15) is 0 Å². The molecule has 1 aliphatic rings. The molecule has 0 aromatic heterocycles. The van der Waals surface area contributed by atoms with Crippen molar-refractivity contribution in [2.24, 2.45) is 0 Å². The van der Waals surface area contributed by atoms with Crippen LogP contribution in [0.4, 0.5) is 0 Å². The smallest absolute Gasteiger partial charge is 0.358 e. The molecule has 0 aliphatic carbocycles. The quantitative estimate of drug-likeness (QED) is 0.609. The van der Waals surface area contributed by atoms with Crippen LogP contribution < -0.4 is 9.47 Å². The number of hydrogen-bond acceptors (Lipinski definition) is 8. The highest BCUT2D eigenvalue weighted by molar-refractivity contribution is 7.79. The molecule has 29 heavy (non-hydrogen) atoms. The first-order valence-corrected chi connectivity index (χ1v) is 9.66. The minimum Gasteiger partial charge on any atom is -0.462 e. The average Bonchev–Trinajstić information content (AvgIpc) is 2.70. The molecule has 1 aliphatic heterocycles. The van der Waals surface area contributed by atoms with Crippen LogP contribution >= 0.6 is 23.8 Å². The Morgan fingerprint density at radius 3 is 2.28 bits per heavy atom. The lowest BCUT2D eigenvalue weighted by Gasteiger charge is -2.41. The fourth-order valence-corrected chi connectivity index (χ4v) is 3.11. The van der Waals surface area contributed by atoms with Crippen molar-refractivity contribution in [2.45, 2.75) is 37.6 Å². The summed E-state index contributed by atoms with van der Waals surface area (Å²) in [6.07, 6.45) is -6.29. The van der Waals surface area contributed by atoms with Crippen LogP contribution in [0, 0.1) is 6.92 Å². The van der Waals surface area contributed by atoms with Gasteiger partial charge < -0.3 is 34.3 Å². The van der Waals surface area contributed by atoms with Crippen LogP contribution in [0.15, 0.2) is 48.5 Å². The molecular weight excluding hydrogens is 420 g/mol. The summed E-state index contributed by atoms with van der Waals surface area (Å²) in [6, 6.07) is 13.5. The second-order valence-corrected chi connectivity index (χ2v) is 7.30. The molecule has 2 aromatic carbocycles. The maximum atomic E-state index is 10.6. The van der Waals surface area contributed by atoms with E-state index >= 15 is 0 Å². The molecule has 9 heteroatoms. The number of aliphatic hydroxyl groups excluding tert-OH is 3. The Kier molecular flexibility index (Phi) is 7.28. The lowest BCUT2D eigenvalue weighted by molar-refractivity contribution is -0.275. The number of thiocarbonyl (C=S) groups is 1. The number of halogens is 1. The van der Waals surface area contributed by atoms with Crippen LogP contribution in [0.1, 0.15) is 5.56 Å². The van der Waals surface area contributed by atoms with Crippen molar-refractivity contribution in [1.29, 1.82) is 0 Å². The normalized spacial score (nSPS) is 26.6. The number of hydrogen-bond donors (Lipinski definition) is 3. The number of aryl methyl sites for hydroxylation is 1. The van der Waals surface area contributed by atoms with Gasteiger partial charge in [-0.15, -0.1) is 0 Å². The van der Waals surface area contributed by atoms with E-state index in [2.05, 4.69) is 0 Å². The third-order valence-corrected chi connectivity index (χ3v) is 4.77. The average molecular weight is 441 g/mol. The van der Waals surface area contributed by atoms with Gasteiger partial charge in [0, 0.05) is 17.2 Å². The van der Waals surface area contributed by atoms with Gasteiger partial charge in [-0.1, -0.05) is 29.3 Å². The highest BCUT2D eigenvalue weighted by Gasteiger charge is 2.47. The topological polar surface area (TPSA) is 97.6 Å². The van der Waals surface area contributed by atoms with E-state index in [0.717, 1.165) is 5.56 Å². The summed E-state index contributed by atoms with van der Waals surface area (Å²) in [4.78, 5) is 0. The SMILES string of the molecule is Cc1ccc(OC(=S)O[C@@H]2[C@H](O)[C@H](Oc3ccc(Cl)cc3)O[C@H](CO)[C@H]2O)cc1. The predicted molar refractivity (Wildman–Crippen MR) is 109 cm³/mol. The Morgan fingerprint density at radius 2 is 1.66 bits per heavy atom. The maximum absolute atomic E-state index is 10.6. The summed E-state index contributed by atoms with van der Waals surface area (Å²) in [7, 11) is 0. The fourth-order valence-electron chi connectivity index (χ4n) is 2.77. The molecule has 0 saturated carbocycles. The van der Waals surface area contributed by atoms with Gasteiger partial charge in [-0.3, -0.25) is 0 Å². The molecule has 0 spiro atoms. The zero-order valence-electron chi connectivity index (χ0n) is 15.5. The molecule has 156 valence electrons. The van der Waals surface area contributed by atoms with E-state index in [0.29, 0.717) is 16.5 Å².